The van der Waals surface area contributed by atoms with Crippen molar-refractivity contribution in [2.75, 3.05) is 0 Å². The van der Waals surface area contributed by atoms with Crippen molar-refractivity contribution in [3.05, 3.63) is 266 Å². The van der Waals surface area contributed by atoms with Crippen molar-refractivity contribution < 1.29 is 35.8 Å². The van der Waals surface area contributed by atoms with E-state index in [1.807, 2.05) is 101 Å². The molecule has 0 atom stereocenters. The van der Waals surface area contributed by atoms with Gasteiger partial charge in [-0.05, 0) is 223 Å². The zero-order chi connectivity index (χ0) is 83.7. The molecule has 0 bridgehead atoms. The van der Waals surface area contributed by atoms with Gasteiger partial charge in [0.05, 0.1) is 68.0 Å². The summed E-state index contributed by atoms with van der Waals surface area (Å²) in [4.78, 5) is 0. The Labute approximate surface area is 685 Å². The minimum absolute atomic E-state index is 0.0523. The standard InChI is InChI=1S/C28H31FNSi.C26H35FNSi.C25H33FNSi.C23H29FNSi/c1-7-21-18-26(19(2)20(3)27(21)29)28-25-14-13-24(17-22(25)15-16-30(28)4)31(5,6)23-11-9-8-10-12-23;1-8-20-17-24(18(5)19(6)25(20)27)26-23-13-12-22(29(9-2,10-3)11-4)16-21(23)14-15-28(26)7;1-9-19-15-23(17(4)18(5)24(19)26)25-22-11-10-21(28(7,8)16(2)3)14-20(22)12-13-27(25)6;1-8-17-14-21(15(2)16(3)22(17)24)23-20-10-9-19(26(5,6)7)13-18(20)11-12-25(23)4/h8-18H,7H2,1-6H3;12-17H,8-11H2,1-7H3;10-16H,9H2,1-8H3;9-14H,8H2,1-7H3/q4*+1. The number of hydrogen-bond acceptors (Lipinski definition) is 0. The van der Waals surface area contributed by atoms with Crippen LogP contribution in [0.1, 0.15) is 129 Å². The molecule has 13 aromatic rings. The van der Waals surface area contributed by atoms with Crippen LogP contribution in [0.4, 0.5) is 17.6 Å². The molecule has 12 heteroatoms. The second kappa shape index (κ2) is 35.3. The molecule has 0 aliphatic rings. The molecule has 0 saturated carbocycles. The lowest BCUT2D eigenvalue weighted by Gasteiger charge is -2.29. The Morgan fingerprint density at radius 3 is 0.842 bits per heavy atom. The summed E-state index contributed by atoms with van der Waals surface area (Å²) in [6.07, 6.45) is 11.3. The second-order valence-corrected chi connectivity index (χ2v) is 54.7. The number of nitrogens with zero attached hydrogens (tertiary/aromatic N) is 4. The highest BCUT2D eigenvalue weighted by atomic mass is 28.3. The predicted octanol–water partition coefficient (Wildman–Crippen LogP) is 23.0. The van der Waals surface area contributed by atoms with Crippen molar-refractivity contribution >= 4 is 101 Å². The van der Waals surface area contributed by atoms with Gasteiger partial charge in [-0.2, -0.15) is 0 Å². The molecule has 0 aliphatic carbocycles. The van der Waals surface area contributed by atoms with Crippen molar-refractivity contribution in [1.29, 1.82) is 0 Å². The van der Waals surface area contributed by atoms with Crippen LogP contribution < -0.4 is 44.2 Å². The third kappa shape index (κ3) is 16.9. The molecule has 596 valence electrons. The molecule has 0 amide bonds. The van der Waals surface area contributed by atoms with Gasteiger partial charge < -0.3 is 0 Å². The fourth-order valence-corrected chi connectivity index (χ4v) is 25.8. The first kappa shape index (κ1) is 87.6. The maximum atomic E-state index is 14.7. The quantitative estimate of drug-likeness (QED) is 0.0491. The Morgan fingerprint density at radius 1 is 0.298 bits per heavy atom. The summed E-state index contributed by atoms with van der Waals surface area (Å²) in [5, 5.41) is 17.4. The smallest absolute Gasteiger partial charge is 0.206 e. The summed E-state index contributed by atoms with van der Waals surface area (Å²) < 4.78 is 67.3. The van der Waals surface area contributed by atoms with Crippen LogP contribution in [-0.4, -0.2) is 32.3 Å². The fourth-order valence-electron chi connectivity index (χ4n) is 17.0. The topological polar surface area (TPSA) is 15.5 Å². The second-order valence-electron chi connectivity index (χ2n) is 34.8. The maximum Gasteiger partial charge on any atom is 0.220 e. The molecule has 114 heavy (non-hydrogen) atoms. The van der Waals surface area contributed by atoms with Crippen molar-refractivity contribution in [3.8, 4) is 45.0 Å². The number of halogens is 4. The van der Waals surface area contributed by atoms with E-state index in [0.717, 1.165) is 94.7 Å². The van der Waals surface area contributed by atoms with E-state index in [1.54, 1.807) is 5.19 Å². The summed E-state index contributed by atoms with van der Waals surface area (Å²) in [5.74, 6) is -0.232. The van der Waals surface area contributed by atoms with Gasteiger partial charge in [0.1, 0.15) is 59.5 Å². The summed E-state index contributed by atoms with van der Waals surface area (Å²) in [5.41, 5.74) is 20.2. The lowest BCUT2D eigenvalue weighted by Crippen LogP contribution is -2.52. The monoisotopic (exact) mass is 1600 g/mol. The third-order valence-corrected chi connectivity index (χ3v) is 42.4. The van der Waals surface area contributed by atoms with E-state index >= 15 is 0 Å². The molecule has 4 nitrogen and oxygen atoms in total. The van der Waals surface area contributed by atoms with Crippen molar-refractivity contribution in [1.82, 2.24) is 0 Å². The third-order valence-electron chi connectivity index (χ3n) is 26.6. The average molecular weight is 1600 g/mol. The molecule has 0 radical (unpaired) electrons. The normalized spacial score (nSPS) is 12.0. The van der Waals surface area contributed by atoms with E-state index in [2.05, 4.69) is 285 Å². The SMILES string of the molecule is CCc1cc(-c2c3ccc([Si](C)(C)C(C)C)cc3cc[n+]2C)c(C)c(C)c1F.CCc1cc(-c2c3ccc([Si](C)(C)C)cc3cc[n+]2C)c(C)c(C)c1F.CCc1cc(-c2c3ccc([Si](C)(C)c4ccccc4)cc3cc[n+]2C)c(C)c(C)c1F.CCc1cc(-c2c3ccc([Si](CC)(CC)CC)cc3cc[n+]2C)c(C)c(C)c1F. The van der Waals surface area contributed by atoms with Crippen molar-refractivity contribution in [2.24, 2.45) is 28.2 Å². The minimum Gasteiger partial charge on any atom is -0.206 e. The Morgan fingerprint density at radius 2 is 0.561 bits per heavy atom. The molecule has 0 aliphatic heterocycles. The molecule has 4 heterocycles. The maximum absolute atomic E-state index is 14.7. The molecule has 0 unspecified atom stereocenters. The van der Waals surface area contributed by atoms with Gasteiger partial charge in [0.2, 0.25) is 22.8 Å². The highest BCUT2D eigenvalue weighted by Crippen LogP contribution is 2.38. The Bertz CT molecular complexity index is 5780. The Hall–Kier alpha value is -8.79. The van der Waals surface area contributed by atoms with Crippen molar-refractivity contribution in [2.45, 2.75) is 213 Å². The fraction of sp³-hybridized carbons (Fsp3) is 0.353. The van der Waals surface area contributed by atoms with Gasteiger partial charge in [-0.25, -0.2) is 35.8 Å². The van der Waals surface area contributed by atoms with Gasteiger partial charge in [-0.1, -0.05) is 231 Å². The summed E-state index contributed by atoms with van der Waals surface area (Å²) in [7, 11) is 2.29. The van der Waals surface area contributed by atoms with Gasteiger partial charge in [0, 0.05) is 24.3 Å². The number of pyridine rings is 4. The van der Waals surface area contributed by atoms with Gasteiger partial charge >= 0.3 is 0 Å². The first-order valence-electron chi connectivity index (χ1n) is 41.8. The zero-order valence-corrected chi connectivity index (χ0v) is 78.1. The molecule has 13 rings (SSSR count). The van der Waals surface area contributed by atoms with Gasteiger partial charge in [0.25, 0.3) is 0 Å². The molecule has 0 spiro atoms. The van der Waals surface area contributed by atoms with Crippen LogP contribution in [0.5, 0.6) is 0 Å². The summed E-state index contributed by atoms with van der Waals surface area (Å²) in [6, 6.07) is 59.7. The molecule has 0 fully saturated rings. The van der Waals surface area contributed by atoms with Gasteiger partial charge in [-0.3, -0.25) is 0 Å². The van der Waals surface area contributed by atoms with E-state index in [9.17, 15) is 17.6 Å². The van der Waals surface area contributed by atoms with E-state index in [0.29, 0.717) is 31.2 Å². The number of fused-ring (bicyclic) bond motifs is 4. The van der Waals surface area contributed by atoms with Gasteiger partial charge in [0.15, 0.2) is 24.8 Å². The minimum atomic E-state index is -1.78. The van der Waals surface area contributed by atoms with Crippen LogP contribution >= 0.6 is 0 Å². The summed E-state index contributed by atoms with van der Waals surface area (Å²) in [6.45, 7) is 52.4. The van der Waals surface area contributed by atoms with Crippen molar-refractivity contribution in [3.63, 3.8) is 0 Å². The first-order chi connectivity index (χ1) is 53.8. The van der Waals surface area contributed by atoms with E-state index in [4.69, 9.17) is 0 Å². The number of aryl methyl sites for hydroxylation is 8. The molecule has 0 N–H and O–H groups in total. The molecular weight excluding hydrogens is 1470 g/mol. The lowest BCUT2D eigenvalue weighted by molar-refractivity contribution is -0.659. The largest absolute Gasteiger partial charge is 0.220 e. The van der Waals surface area contributed by atoms with Crippen LogP contribution in [0.3, 0.4) is 0 Å². The van der Waals surface area contributed by atoms with E-state index in [1.165, 1.54) is 99.1 Å². The lowest BCUT2D eigenvalue weighted by atomic mass is 9.93. The zero-order valence-electron chi connectivity index (χ0n) is 74.1. The number of aromatic nitrogens is 4. The number of hydrogen-bond donors (Lipinski definition) is 0. The van der Waals surface area contributed by atoms with Crippen LogP contribution in [0.25, 0.3) is 88.1 Å². The first-order valence-corrected chi connectivity index (χ1v) is 53.9. The van der Waals surface area contributed by atoms with E-state index in [-0.39, 0.29) is 23.3 Å². The average Bonchev–Trinajstić information content (AvgIpc) is 0.769. The van der Waals surface area contributed by atoms with E-state index < -0.39 is 32.3 Å². The molecule has 9 aromatic carbocycles. The highest BCUT2D eigenvalue weighted by Gasteiger charge is 2.34. The van der Waals surface area contributed by atoms with Crippen LogP contribution in [0.15, 0.2) is 176 Å². The predicted molar refractivity (Wildman–Crippen MR) is 493 cm³/mol. The summed E-state index contributed by atoms with van der Waals surface area (Å²) >= 11 is 0. The van der Waals surface area contributed by atoms with Crippen LogP contribution in [0.2, 0.25) is 69.5 Å². The van der Waals surface area contributed by atoms with Crippen LogP contribution in [0, 0.1) is 78.7 Å². The number of benzene rings is 9. The Kier molecular flexibility index (Phi) is 27.2. The van der Waals surface area contributed by atoms with Crippen LogP contribution in [-0.2, 0) is 53.9 Å². The molecular formula is C102H128F4N4Si4+4. The van der Waals surface area contributed by atoms with Gasteiger partial charge in [-0.15, -0.1) is 0 Å². The number of rotatable bonds is 17. The molecule has 4 aromatic heterocycles. The molecule has 0 saturated heterocycles. The Balaban J connectivity index is 0.000000161. The highest BCUT2D eigenvalue weighted by molar-refractivity contribution is 7.00.